The molecule has 1 heterocycles. The van der Waals surface area contributed by atoms with Gasteiger partial charge in [0.2, 0.25) is 0 Å². The van der Waals surface area contributed by atoms with Gasteiger partial charge in [0.15, 0.2) is 5.96 Å². The molecule has 2 aromatic rings. The number of aliphatic imine (C=N–C) groups is 1. The van der Waals surface area contributed by atoms with Crippen molar-refractivity contribution in [2.75, 3.05) is 25.0 Å². The van der Waals surface area contributed by atoms with Crippen LogP contribution in [0.25, 0.3) is 0 Å². The minimum atomic E-state index is -0.183. The van der Waals surface area contributed by atoms with E-state index in [4.69, 9.17) is 0 Å². The highest BCUT2D eigenvalue weighted by Gasteiger charge is 2.04. The second-order valence-electron chi connectivity index (χ2n) is 6.06. The molecule has 0 unspecified atom stereocenters. The van der Waals surface area contributed by atoms with Crippen LogP contribution in [0.2, 0.25) is 0 Å². The molecule has 2 rings (SSSR count). The van der Waals surface area contributed by atoms with Crippen LogP contribution in [0, 0.1) is 12.7 Å². The van der Waals surface area contributed by atoms with Gasteiger partial charge in [0.25, 0.3) is 0 Å². The fourth-order valence-electron chi connectivity index (χ4n) is 2.66. The highest BCUT2D eigenvalue weighted by atomic mass is 19.1. The molecule has 26 heavy (non-hydrogen) atoms. The molecule has 0 spiro atoms. The van der Waals surface area contributed by atoms with Crippen LogP contribution in [0.1, 0.15) is 30.5 Å². The molecule has 0 saturated carbocycles. The van der Waals surface area contributed by atoms with Crippen molar-refractivity contribution in [1.82, 2.24) is 15.6 Å². The van der Waals surface area contributed by atoms with Crippen molar-refractivity contribution >= 4 is 11.8 Å². The molecule has 0 aliphatic rings. The summed E-state index contributed by atoms with van der Waals surface area (Å²) in [4.78, 5) is 11.0. The van der Waals surface area contributed by atoms with Crippen molar-refractivity contribution in [1.29, 1.82) is 0 Å². The highest BCUT2D eigenvalue weighted by Crippen LogP contribution is 2.11. The van der Waals surface area contributed by atoms with E-state index in [1.807, 2.05) is 18.3 Å². The second kappa shape index (κ2) is 9.75. The number of benzene rings is 1. The lowest BCUT2D eigenvalue weighted by Gasteiger charge is -2.19. The Morgan fingerprint density at radius 3 is 2.27 bits per heavy atom. The molecule has 0 aliphatic carbocycles. The van der Waals surface area contributed by atoms with Crippen LogP contribution in [0.15, 0.2) is 41.5 Å². The smallest absolute Gasteiger partial charge is 0.191 e. The second-order valence-corrected chi connectivity index (χ2v) is 6.06. The third-order valence-corrected chi connectivity index (χ3v) is 4.26. The summed E-state index contributed by atoms with van der Waals surface area (Å²) in [7, 11) is 1.73. The van der Waals surface area contributed by atoms with Gasteiger partial charge in [0, 0.05) is 39.4 Å². The van der Waals surface area contributed by atoms with E-state index >= 15 is 0 Å². The van der Waals surface area contributed by atoms with Crippen LogP contribution < -0.4 is 15.5 Å². The van der Waals surface area contributed by atoms with Gasteiger partial charge < -0.3 is 15.5 Å². The Hall–Kier alpha value is -2.63. The van der Waals surface area contributed by atoms with Gasteiger partial charge in [-0.2, -0.15) is 0 Å². The summed E-state index contributed by atoms with van der Waals surface area (Å²) in [6, 6.07) is 9.22. The standard InChI is InChI=1S/C20H28FN5/c1-5-26(6-2)19-10-8-17(13-23-19)14-25-20(22-4)24-12-16-7-9-18(21)15(3)11-16/h7-11,13H,5-6,12,14H2,1-4H3,(H2,22,24,25). The van der Waals surface area contributed by atoms with Gasteiger partial charge in [-0.1, -0.05) is 18.2 Å². The number of rotatable bonds is 7. The number of guanidine groups is 1. The number of aromatic nitrogens is 1. The van der Waals surface area contributed by atoms with Crippen LogP contribution in [-0.4, -0.2) is 31.1 Å². The van der Waals surface area contributed by atoms with E-state index in [1.54, 1.807) is 20.0 Å². The zero-order valence-corrected chi connectivity index (χ0v) is 16.0. The summed E-state index contributed by atoms with van der Waals surface area (Å²) in [5, 5.41) is 6.51. The van der Waals surface area contributed by atoms with Crippen LogP contribution in [0.5, 0.6) is 0 Å². The third-order valence-electron chi connectivity index (χ3n) is 4.26. The summed E-state index contributed by atoms with van der Waals surface area (Å²) in [6.45, 7) is 9.12. The van der Waals surface area contributed by atoms with E-state index in [0.29, 0.717) is 24.6 Å². The molecule has 0 bridgehead atoms. The lowest BCUT2D eigenvalue weighted by Crippen LogP contribution is -2.36. The van der Waals surface area contributed by atoms with E-state index < -0.39 is 0 Å². The van der Waals surface area contributed by atoms with Gasteiger partial charge in [-0.15, -0.1) is 0 Å². The Morgan fingerprint density at radius 2 is 1.73 bits per heavy atom. The predicted octanol–water partition coefficient (Wildman–Crippen LogP) is 3.24. The number of hydrogen-bond donors (Lipinski definition) is 2. The number of nitrogens with one attached hydrogen (secondary N) is 2. The van der Waals surface area contributed by atoms with Crippen molar-refractivity contribution in [2.24, 2.45) is 4.99 Å². The summed E-state index contributed by atoms with van der Waals surface area (Å²) in [6.07, 6.45) is 1.89. The van der Waals surface area contributed by atoms with E-state index in [-0.39, 0.29) is 5.82 Å². The Bertz CT molecular complexity index is 723. The first kappa shape index (κ1) is 19.7. The van der Waals surface area contributed by atoms with Gasteiger partial charge in [0.05, 0.1) is 0 Å². The first-order valence-electron chi connectivity index (χ1n) is 8.96. The van der Waals surface area contributed by atoms with Crippen molar-refractivity contribution in [3.8, 4) is 0 Å². The molecule has 0 aliphatic heterocycles. The largest absolute Gasteiger partial charge is 0.357 e. The molecular weight excluding hydrogens is 329 g/mol. The number of hydrogen-bond acceptors (Lipinski definition) is 3. The maximum atomic E-state index is 13.3. The van der Waals surface area contributed by atoms with Crippen molar-refractivity contribution in [3.63, 3.8) is 0 Å². The topological polar surface area (TPSA) is 52.5 Å². The van der Waals surface area contributed by atoms with E-state index in [0.717, 1.165) is 30.0 Å². The molecule has 0 radical (unpaired) electrons. The summed E-state index contributed by atoms with van der Waals surface area (Å²) >= 11 is 0. The number of anilines is 1. The Balaban J connectivity index is 1.87. The maximum absolute atomic E-state index is 13.3. The van der Waals surface area contributed by atoms with Gasteiger partial charge in [-0.25, -0.2) is 9.37 Å². The fraction of sp³-hybridized carbons (Fsp3) is 0.400. The molecule has 140 valence electrons. The Kier molecular flexibility index (Phi) is 7.38. The quantitative estimate of drug-likeness (QED) is 0.590. The highest BCUT2D eigenvalue weighted by molar-refractivity contribution is 5.79. The van der Waals surface area contributed by atoms with E-state index in [1.165, 1.54) is 6.07 Å². The SMILES string of the molecule is CCN(CC)c1ccc(CNC(=NC)NCc2ccc(F)c(C)c2)cn1. The molecule has 2 N–H and O–H groups in total. The zero-order valence-electron chi connectivity index (χ0n) is 16.0. The minimum absolute atomic E-state index is 0.183. The molecule has 1 aromatic carbocycles. The van der Waals surface area contributed by atoms with Crippen molar-refractivity contribution < 1.29 is 4.39 Å². The first-order valence-corrected chi connectivity index (χ1v) is 8.96. The van der Waals surface area contributed by atoms with Crippen LogP contribution >= 0.6 is 0 Å². The maximum Gasteiger partial charge on any atom is 0.191 e. The minimum Gasteiger partial charge on any atom is -0.357 e. The summed E-state index contributed by atoms with van der Waals surface area (Å²) < 4.78 is 13.3. The molecule has 5 nitrogen and oxygen atoms in total. The molecule has 0 fully saturated rings. The van der Waals surface area contributed by atoms with Crippen molar-refractivity contribution in [3.05, 3.63) is 59.0 Å². The van der Waals surface area contributed by atoms with Gasteiger partial charge in [-0.05, 0) is 49.6 Å². The zero-order chi connectivity index (χ0) is 18.9. The van der Waals surface area contributed by atoms with Gasteiger partial charge >= 0.3 is 0 Å². The van der Waals surface area contributed by atoms with Gasteiger partial charge in [0.1, 0.15) is 11.6 Å². The number of aryl methyl sites for hydroxylation is 1. The lowest BCUT2D eigenvalue weighted by molar-refractivity contribution is 0.617. The molecule has 0 amide bonds. The first-order chi connectivity index (χ1) is 12.6. The Morgan fingerprint density at radius 1 is 1.08 bits per heavy atom. The van der Waals surface area contributed by atoms with Gasteiger partial charge in [-0.3, -0.25) is 4.99 Å². The van der Waals surface area contributed by atoms with E-state index in [2.05, 4.69) is 45.4 Å². The average molecular weight is 357 g/mol. The molecule has 0 atom stereocenters. The van der Waals surface area contributed by atoms with Crippen LogP contribution in [-0.2, 0) is 13.1 Å². The molecule has 6 heteroatoms. The number of nitrogens with zero attached hydrogens (tertiary/aromatic N) is 3. The fourth-order valence-corrected chi connectivity index (χ4v) is 2.66. The van der Waals surface area contributed by atoms with E-state index in [9.17, 15) is 4.39 Å². The average Bonchev–Trinajstić information content (AvgIpc) is 2.66. The normalized spacial score (nSPS) is 11.3. The third kappa shape index (κ3) is 5.44. The predicted molar refractivity (Wildman–Crippen MR) is 106 cm³/mol. The number of halogens is 1. The molecule has 1 aromatic heterocycles. The van der Waals surface area contributed by atoms with Crippen molar-refractivity contribution in [2.45, 2.75) is 33.9 Å². The summed E-state index contributed by atoms with van der Waals surface area (Å²) in [5.41, 5.74) is 2.74. The monoisotopic (exact) mass is 357 g/mol. The lowest BCUT2D eigenvalue weighted by atomic mass is 10.1. The van der Waals surface area contributed by atoms with Crippen LogP contribution in [0.4, 0.5) is 10.2 Å². The van der Waals surface area contributed by atoms with Crippen LogP contribution in [0.3, 0.4) is 0 Å². The summed E-state index contributed by atoms with van der Waals surface area (Å²) in [5.74, 6) is 1.50. The molecule has 0 saturated heterocycles. The Labute approximate surface area is 155 Å². The number of pyridine rings is 1. The molecular formula is C20H28FN5.